The standard InChI is InChI=1S/C13H21NS/c1-2-9-7-8(1)11-12(9)13(11)14-10-3-5-15-6-4-10/h8-14H,1-7H2. The maximum atomic E-state index is 3.98. The molecule has 4 rings (SSSR count). The number of hydrogen-bond acceptors (Lipinski definition) is 2. The van der Waals surface area contributed by atoms with E-state index >= 15 is 0 Å². The van der Waals surface area contributed by atoms with Crippen LogP contribution in [-0.2, 0) is 0 Å². The van der Waals surface area contributed by atoms with Crippen molar-refractivity contribution in [1.82, 2.24) is 5.32 Å². The Morgan fingerprint density at radius 2 is 1.53 bits per heavy atom. The van der Waals surface area contributed by atoms with E-state index in [0.29, 0.717) is 0 Å². The van der Waals surface area contributed by atoms with E-state index in [9.17, 15) is 0 Å². The van der Waals surface area contributed by atoms with E-state index in [-0.39, 0.29) is 0 Å². The van der Waals surface area contributed by atoms with E-state index in [0.717, 1.165) is 35.8 Å². The lowest BCUT2D eigenvalue weighted by Gasteiger charge is -2.24. The van der Waals surface area contributed by atoms with E-state index in [1.165, 1.54) is 24.3 Å². The number of fused-ring (bicyclic) bond motifs is 5. The van der Waals surface area contributed by atoms with Crippen LogP contribution in [0.15, 0.2) is 0 Å². The molecule has 1 heterocycles. The Morgan fingerprint density at radius 3 is 2.20 bits per heavy atom. The van der Waals surface area contributed by atoms with Crippen molar-refractivity contribution in [3.63, 3.8) is 0 Å². The van der Waals surface area contributed by atoms with Crippen LogP contribution in [0.25, 0.3) is 0 Å². The molecule has 3 aliphatic carbocycles. The summed E-state index contributed by atoms with van der Waals surface area (Å²) in [6, 6.07) is 1.84. The predicted molar refractivity (Wildman–Crippen MR) is 65.1 cm³/mol. The molecule has 15 heavy (non-hydrogen) atoms. The molecule has 1 nitrogen and oxygen atoms in total. The second-order valence-corrected chi connectivity index (χ2v) is 7.29. The van der Waals surface area contributed by atoms with E-state index in [1.807, 2.05) is 0 Å². The van der Waals surface area contributed by atoms with E-state index in [1.54, 1.807) is 19.3 Å². The third kappa shape index (κ3) is 1.40. The molecule has 1 saturated heterocycles. The molecule has 4 atom stereocenters. The van der Waals surface area contributed by atoms with Crippen LogP contribution in [-0.4, -0.2) is 23.6 Å². The Morgan fingerprint density at radius 1 is 0.867 bits per heavy atom. The zero-order valence-corrected chi connectivity index (χ0v) is 10.1. The zero-order valence-electron chi connectivity index (χ0n) is 9.32. The normalized spacial score (nSPS) is 53.2. The molecular formula is C13H21NS. The smallest absolute Gasteiger partial charge is 0.0138 e. The van der Waals surface area contributed by atoms with Crippen LogP contribution in [0.3, 0.4) is 0 Å². The molecule has 0 aromatic rings. The topological polar surface area (TPSA) is 12.0 Å². The van der Waals surface area contributed by atoms with Crippen LogP contribution in [0.2, 0.25) is 0 Å². The van der Waals surface area contributed by atoms with Crippen molar-refractivity contribution in [2.75, 3.05) is 11.5 Å². The molecule has 84 valence electrons. The van der Waals surface area contributed by atoms with Gasteiger partial charge in [-0.2, -0.15) is 11.8 Å². The molecule has 4 fully saturated rings. The first kappa shape index (κ1) is 9.35. The Kier molecular flexibility index (Phi) is 2.12. The highest BCUT2D eigenvalue weighted by Gasteiger charge is 2.64. The quantitative estimate of drug-likeness (QED) is 0.772. The number of rotatable bonds is 2. The fourth-order valence-electron chi connectivity index (χ4n) is 4.68. The lowest BCUT2D eigenvalue weighted by Crippen LogP contribution is -2.36. The summed E-state index contributed by atoms with van der Waals surface area (Å²) < 4.78 is 0. The van der Waals surface area contributed by atoms with E-state index in [2.05, 4.69) is 17.1 Å². The van der Waals surface area contributed by atoms with Gasteiger partial charge in [-0.05, 0) is 67.3 Å². The van der Waals surface area contributed by atoms with Gasteiger partial charge in [0.25, 0.3) is 0 Å². The summed E-state index contributed by atoms with van der Waals surface area (Å²) in [5.41, 5.74) is 0. The fourth-order valence-corrected chi connectivity index (χ4v) is 5.79. The zero-order chi connectivity index (χ0) is 9.83. The summed E-state index contributed by atoms with van der Waals surface area (Å²) in [7, 11) is 0. The lowest BCUT2D eigenvalue weighted by molar-refractivity contribution is 0.402. The molecule has 0 aromatic carbocycles. The molecule has 0 aromatic heterocycles. The summed E-state index contributed by atoms with van der Waals surface area (Å²) in [4.78, 5) is 0. The van der Waals surface area contributed by atoms with E-state index < -0.39 is 0 Å². The molecule has 0 radical (unpaired) electrons. The van der Waals surface area contributed by atoms with Crippen molar-refractivity contribution in [3.05, 3.63) is 0 Å². The summed E-state index contributed by atoms with van der Waals surface area (Å²) >= 11 is 2.14. The maximum Gasteiger partial charge on any atom is 0.0138 e. The van der Waals surface area contributed by atoms with Gasteiger partial charge in [-0.1, -0.05) is 0 Å². The van der Waals surface area contributed by atoms with Gasteiger partial charge in [0.1, 0.15) is 0 Å². The number of nitrogens with one attached hydrogen (secondary N) is 1. The van der Waals surface area contributed by atoms with Crippen molar-refractivity contribution in [1.29, 1.82) is 0 Å². The van der Waals surface area contributed by atoms with Crippen molar-refractivity contribution in [2.24, 2.45) is 23.7 Å². The van der Waals surface area contributed by atoms with Gasteiger partial charge < -0.3 is 5.32 Å². The minimum Gasteiger partial charge on any atom is -0.311 e. The monoisotopic (exact) mass is 223 g/mol. The molecule has 2 bridgehead atoms. The average Bonchev–Trinajstić information content (AvgIpc) is 2.71. The maximum absolute atomic E-state index is 3.98. The highest BCUT2D eigenvalue weighted by molar-refractivity contribution is 7.99. The van der Waals surface area contributed by atoms with E-state index in [4.69, 9.17) is 0 Å². The molecule has 0 spiro atoms. The Hall–Kier alpha value is 0.310. The minimum absolute atomic E-state index is 0.876. The van der Waals surface area contributed by atoms with Crippen LogP contribution in [0.5, 0.6) is 0 Å². The van der Waals surface area contributed by atoms with Crippen LogP contribution in [0, 0.1) is 23.7 Å². The largest absolute Gasteiger partial charge is 0.311 e. The molecule has 3 saturated carbocycles. The third-order valence-electron chi connectivity index (χ3n) is 5.38. The Labute approximate surface area is 96.8 Å². The molecular weight excluding hydrogens is 202 g/mol. The lowest BCUT2D eigenvalue weighted by atomic mass is 10.0. The Bertz CT molecular complexity index is 245. The summed E-state index contributed by atoms with van der Waals surface area (Å²) in [5, 5.41) is 3.98. The minimum atomic E-state index is 0.876. The van der Waals surface area contributed by atoms with Gasteiger partial charge in [0.15, 0.2) is 0 Å². The first-order valence-electron chi connectivity index (χ1n) is 6.77. The van der Waals surface area contributed by atoms with Crippen molar-refractivity contribution >= 4 is 11.8 Å². The summed E-state index contributed by atoms with van der Waals surface area (Å²) in [5.74, 6) is 7.31. The Balaban J connectivity index is 1.37. The average molecular weight is 223 g/mol. The highest BCUT2D eigenvalue weighted by atomic mass is 32.2. The first-order valence-corrected chi connectivity index (χ1v) is 7.93. The van der Waals surface area contributed by atoms with Gasteiger partial charge in [0.2, 0.25) is 0 Å². The van der Waals surface area contributed by atoms with Crippen molar-refractivity contribution in [3.8, 4) is 0 Å². The van der Waals surface area contributed by atoms with Gasteiger partial charge in [-0.15, -0.1) is 0 Å². The van der Waals surface area contributed by atoms with Gasteiger partial charge in [-0.25, -0.2) is 0 Å². The summed E-state index contributed by atoms with van der Waals surface area (Å²) in [6.45, 7) is 0. The van der Waals surface area contributed by atoms with Crippen LogP contribution in [0.4, 0.5) is 0 Å². The SMILES string of the molecule is C1CC(NC2C3C4CCC(C4)C23)CCS1. The van der Waals surface area contributed by atoms with Crippen LogP contribution >= 0.6 is 11.8 Å². The molecule has 1 aliphatic heterocycles. The van der Waals surface area contributed by atoms with Crippen molar-refractivity contribution in [2.45, 2.75) is 44.2 Å². The van der Waals surface area contributed by atoms with Crippen molar-refractivity contribution < 1.29 is 0 Å². The van der Waals surface area contributed by atoms with Gasteiger partial charge in [0.05, 0.1) is 0 Å². The second-order valence-electron chi connectivity index (χ2n) is 6.07. The van der Waals surface area contributed by atoms with Gasteiger partial charge in [-0.3, -0.25) is 0 Å². The third-order valence-corrected chi connectivity index (χ3v) is 6.43. The number of hydrogen-bond donors (Lipinski definition) is 1. The molecule has 1 N–H and O–H groups in total. The fraction of sp³-hybridized carbons (Fsp3) is 1.00. The molecule has 4 unspecified atom stereocenters. The number of thioether (sulfide) groups is 1. The highest BCUT2D eigenvalue weighted by Crippen LogP contribution is 2.65. The van der Waals surface area contributed by atoms with Crippen LogP contribution < -0.4 is 5.32 Å². The second kappa shape index (κ2) is 3.40. The molecule has 2 heteroatoms. The molecule has 0 amide bonds. The predicted octanol–water partition coefficient (Wildman–Crippen LogP) is 2.52. The summed E-state index contributed by atoms with van der Waals surface area (Å²) in [6.07, 6.45) is 7.56. The van der Waals surface area contributed by atoms with Crippen LogP contribution in [0.1, 0.15) is 32.1 Å². The van der Waals surface area contributed by atoms with Gasteiger partial charge in [0, 0.05) is 12.1 Å². The van der Waals surface area contributed by atoms with Gasteiger partial charge >= 0.3 is 0 Å². The first-order chi connectivity index (χ1) is 7.43. The molecule has 4 aliphatic rings.